The summed E-state index contributed by atoms with van der Waals surface area (Å²) in [4.78, 5) is 67.3. The van der Waals surface area contributed by atoms with E-state index in [1.807, 2.05) is 43.3 Å². The Bertz CT molecular complexity index is 2340. The van der Waals surface area contributed by atoms with E-state index in [-0.39, 0.29) is 42.4 Å². The molecule has 0 unspecified atom stereocenters. The predicted molar refractivity (Wildman–Crippen MR) is 224 cm³/mol. The number of sulfonamides is 1. The lowest BCUT2D eigenvalue weighted by atomic mass is 9.85. The predicted octanol–water partition coefficient (Wildman–Crippen LogP) is 6.80. The molecule has 19 heteroatoms. The zero-order valence-electron chi connectivity index (χ0n) is 35.0. The van der Waals surface area contributed by atoms with E-state index in [2.05, 4.69) is 15.0 Å². The van der Waals surface area contributed by atoms with E-state index in [4.69, 9.17) is 9.72 Å². The summed E-state index contributed by atoms with van der Waals surface area (Å²) in [5.74, 6) is -4.32. The molecule has 2 aliphatic heterocycles. The van der Waals surface area contributed by atoms with Gasteiger partial charge >= 0.3 is 12.3 Å². The number of benzene rings is 1. The molecule has 7 rings (SSSR count). The highest BCUT2D eigenvalue weighted by Gasteiger charge is 2.64. The summed E-state index contributed by atoms with van der Waals surface area (Å²) in [5, 5.41) is 15.7. The van der Waals surface area contributed by atoms with Gasteiger partial charge in [0.15, 0.2) is 0 Å². The Labute approximate surface area is 362 Å². The molecule has 4 amide bonds. The lowest BCUT2D eigenvalue weighted by molar-refractivity contribution is -0.222. The third-order valence-corrected chi connectivity index (χ3v) is 15.8. The van der Waals surface area contributed by atoms with Crippen LogP contribution in [0.3, 0.4) is 0 Å². The first-order valence-corrected chi connectivity index (χ1v) is 23.0. The molecule has 3 N–H and O–H groups in total. The van der Waals surface area contributed by atoms with Gasteiger partial charge in [-0.25, -0.2) is 23.2 Å². The Morgan fingerprint density at radius 2 is 1.77 bits per heavy atom. The van der Waals surface area contributed by atoms with Crippen molar-refractivity contribution in [3.05, 3.63) is 66.2 Å². The molecule has 2 aromatic heterocycles. The van der Waals surface area contributed by atoms with Crippen LogP contribution >= 0.6 is 11.3 Å². The number of hydrogen-bond acceptors (Lipinski definition) is 10. The van der Waals surface area contributed by atoms with Crippen LogP contribution in [0.4, 0.5) is 18.0 Å². The van der Waals surface area contributed by atoms with Crippen LogP contribution < -0.4 is 14.8 Å². The molecular formula is C43H51F3N6O8S2. The molecule has 2 saturated carbocycles. The van der Waals surface area contributed by atoms with Gasteiger partial charge in [0.05, 0.1) is 17.0 Å². The van der Waals surface area contributed by atoms with Crippen LogP contribution in [0.1, 0.15) is 79.6 Å². The summed E-state index contributed by atoms with van der Waals surface area (Å²) in [7, 11) is -4.13. The van der Waals surface area contributed by atoms with Gasteiger partial charge < -0.3 is 20.1 Å². The Kier molecular flexibility index (Phi) is 12.0. The molecule has 3 aromatic rings. The quantitative estimate of drug-likeness (QED) is 0.193. The number of nitrogens with one attached hydrogen (secondary N) is 2. The number of fused-ring (bicyclic) bond motifs is 2. The number of carbonyl (C=O) groups excluding carboxylic acids is 3. The zero-order chi connectivity index (χ0) is 45.0. The number of ether oxygens (including phenoxy) is 1. The molecule has 0 bridgehead atoms. The maximum absolute atomic E-state index is 15.1. The van der Waals surface area contributed by atoms with Gasteiger partial charge in [0.25, 0.3) is 5.91 Å². The van der Waals surface area contributed by atoms with Gasteiger partial charge in [-0.2, -0.15) is 13.2 Å². The van der Waals surface area contributed by atoms with Crippen molar-refractivity contribution in [1.29, 1.82) is 0 Å². The van der Waals surface area contributed by atoms with Crippen molar-refractivity contribution >= 4 is 45.2 Å². The summed E-state index contributed by atoms with van der Waals surface area (Å²) < 4.78 is 78.5. The Hall–Kier alpha value is -5.04. The molecule has 1 saturated heterocycles. The molecule has 0 radical (unpaired) electrons. The third kappa shape index (κ3) is 8.79. The molecule has 4 heterocycles. The lowest BCUT2D eigenvalue weighted by Gasteiger charge is -2.45. The van der Waals surface area contributed by atoms with Crippen molar-refractivity contribution in [2.45, 2.75) is 120 Å². The highest BCUT2D eigenvalue weighted by atomic mass is 32.2. The van der Waals surface area contributed by atoms with Gasteiger partial charge in [-0.15, -0.1) is 11.3 Å². The molecule has 0 spiro atoms. The summed E-state index contributed by atoms with van der Waals surface area (Å²) in [5.41, 5.74) is -3.00. The molecule has 2 aliphatic carbocycles. The minimum absolute atomic E-state index is 0.0501. The van der Waals surface area contributed by atoms with Crippen molar-refractivity contribution in [2.75, 3.05) is 6.54 Å². The first-order chi connectivity index (χ1) is 29.1. The van der Waals surface area contributed by atoms with E-state index in [0.717, 1.165) is 10.5 Å². The number of carbonyl (C=O) groups is 4. The molecule has 14 nitrogen and oxygen atoms in total. The number of carboxylic acid groups (broad SMARTS) is 1. The Balaban J connectivity index is 1.30. The van der Waals surface area contributed by atoms with E-state index < -0.39 is 85.9 Å². The maximum Gasteiger partial charge on any atom is 0.411 e. The summed E-state index contributed by atoms with van der Waals surface area (Å²) in [6.07, 6.45) is -1.19. The number of amides is 4. The second-order valence-electron chi connectivity index (χ2n) is 17.9. The van der Waals surface area contributed by atoms with E-state index >= 15 is 4.79 Å². The molecular weight excluding hydrogens is 850 g/mol. The van der Waals surface area contributed by atoms with Crippen LogP contribution in [0.15, 0.2) is 66.2 Å². The summed E-state index contributed by atoms with van der Waals surface area (Å²) in [6.45, 7) is 5.96. The number of aromatic nitrogens is 2. The molecule has 1 aromatic carbocycles. The van der Waals surface area contributed by atoms with Gasteiger partial charge in [-0.1, -0.05) is 56.3 Å². The number of halogens is 3. The number of pyridine rings is 1. The SMILES string of the molecule is C[C@@H]1CC/C=C\[C@@H]2C[C@@]2(C(=O)NS(=O)(=O)C2(C)CC2)NC(=O)[C@@H]2C[C@@H](Oc3cc(-c4ccccc4)nc(-c4nccs4)c3)CN2C(=O)[C@@H](N(C(=O)O)C(C)(C)C(F)(F)F)[C@H](C)C1. The third-order valence-electron chi connectivity index (χ3n) is 12.8. The second kappa shape index (κ2) is 16.6. The van der Waals surface area contributed by atoms with Crippen LogP contribution in [0, 0.1) is 17.8 Å². The van der Waals surface area contributed by atoms with Gasteiger partial charge in [-0.3, -0.25) is 24.0 Å². The van der Waals surface area contributed by atoms with Gasteiger partial charge in [-0.05, 0) is 71.1 Å². The fourth-order valence-electron chi connectivity index (χ4n) is 8.57. The van der Waals surface area contributed by atoms with Crippen molar-refractivity contribution < 1.29 is 50.6 Å². The van der Waals surface area contributed by atoms with Gasteiger partial charge in [0.1, 0.15) is 45.7 Å². The van der Waals surface area contributed by atoms with E-state index in [1.54, 1.807) is 29.8 Å². The van der Waals surface area contributed by atoms with E-state index in [1.165, 1.54) is 25.2 Å². The minimum Gasteiger partial charge on any atom is -0.488 e. The van der Waals surface area contributed by atoms with Gasteiger partial charge in [0.2, 0.25) is 21.8 Å². The fraction of sp³-hybridized carbons (Fsp3) is 0.535. The smallest absolute Gasteiger partial charge is 0.411 e. The minimum atomic E-state index is -5.10. The summed E-state index contributed by atoms with van der Waals surface area (Å²) >= 11 is 1.34. The first-order valence-electron chi connectivity index (χ1n) is 20.7. The fourth-order valence-corrected chi connectivity index (χ4v) is 10.5. The largest absolute Gasteiger partial charge is 0.488 e. The highest BCUT2D eigenvalue weighted by Crippen LogP contribution is 2.48. The van der Waals surface area contributed by atoms with Crippen LogP contribution in [-0.2, 0) is 24.4 Å². The molecule has 3 fully saturated rings. The van der Waals surface area contributed by atoms with Crippen LogP contribution in [-0.4, -0.2) is 104 Å². The van der Waals surface area contributed by atoms with Crippen LogP contribution in [0.2, 0.25) is 0 Å². The summed E-state index contributed by atoms with van der Waals surface area (Å²) in [6, 6.07) is 9.19. The number of thiazole rings is 1. The van der Waals surface area contributed by atoms with E-state index in [0.29, 0.717) is 55.9 Å². The molecule has 62 heavy (non-hydrogen) atoms. The molecule has 4 aliphatic rings. The topological polar surface area (TPSA) is 188 Å². The zero-order valence-corrected chi connectivity index (χ0v) is 36.6. The van der Waals surface area contributed by atoms with Crippen LogP contribution in [0.25, 0.3) is 22.0 Å². The average molecular weight is 901 g/mol. The maximum atomic E-state index is 15.1. The number of alkyl halides is 3. The standard InChI is InChI=1S/C43H51F3N6O8S2/c1-25-11-9-10-14-28-23-42(28,38(55)50-62(58,59)41(5)15-16-41)49-35(53)33-22-30(24-51(33)37(54)34(26(2)19-25)52(39(56)57)40(3,4)43(44,45)46)60-29-20-31(27-12-7-6-8-13-27)48-32(21-29)36-47-17-18-61-36/h6-8,10,12-14,17-18,20-21,25-26,28,30,33-34H,9,11,15-16,19,22-24H2,1-5H3,(H,49,53)(H,50,55)(H,56,57)/b14-10-/t25-,26-,28-,30-,33+,34+,42-/m1/s1. The van der Waals surface area contributed by atoms with E-state index in [9.17, 15) is 41.1 Å². The first kappa shape index (κ1) is 45.0. The lowest BCUT2D eigenvalue weighted by Crippen LogP contribution is -2.66. The van der Waals surface area contributed by atoms with Crippen molar-refractivity contribution in [2.24, 2.45) is 17.8 Å². The normalized spacial score (nSPS) is 28.3. The van der Waals surface area contributed by atoms with Crippen LogP contribution in [0.5, 0.6) is 5.75 Å². The van der Waals surface area contributed by atoms with Crippen molar-refractivity contribution in [1.82, 2.24) is 29.8 Å². The van der Waals surface area contributed by atoms with Crippen molar-refractivity contribution in [3.63, 3.8) is 0 Å². The second-order valence-corrected chi connectivity index (χ2v) is 21.0. The Morgan fingerprint density at radius 3 is 2.40 bits per heavy atom. The highest BCUT2D eigenvalue weighted by molar-refractivity contribution is 7.91. The average Bonchev–Trinajstić information content (AvgIpc) is 3.95. The van der Waals surface area contributed by atoms with Crippen molar-refractivity contribution in [3.8, 4) is 27.7 Å². The number of rotatable bonds is 9. The number of hydrogen-bond donors (Lipinski definition) is 3. The Morgan fingerprint density at radius 1 is 1.08 bits per heavy atom. The molecule has 334 valence electrons. The number of nitrogens with zero attached hydrogens (tertiary/aromatic N) is 4. The molecule has 7 atom stereocenters. The monoisotopic (exact) mass is 900 g/mol. The van der Waals surface area contributed by atoms with Gasteiger partial charge in [0, 0.05) is 41.6 Å². The number of allylic oxidation sites excluding steroid dienone is 1.